The van der Waals surface area contributed by atoms with E-state index >= 15 is 0 Å². The number of rotatable bonds is 2. The summed E-state index contributed by atoms with van der Waals surface area (Å²) in [5.41, 5.74) is 7.57. The van der Waals surface area contributed by atoms with Crippen LogP contribution in [0.4, 0.5) is 5.95 Å². The molecule has 0 atom stereocenters. The average Bonchev–Trinajstić information content (AvgIpc) is 2.78. The number of benzene rings is 1. The Morgan fingerprint density at radius 2 is 1.85 bits per heavy atom. The molecule has 0 saturated heterocycles. The maximum Gasteiger partial charge on any atom is 0.240 e. The number of anilines is 1. The third kappa shape index (κ3) is 2.10. The summed E-state index contributed by atoms with van der Waals surface area (Å²) in [6.45, 7) is 0. The van der Waals surface area contributed by atoms with Gasteiger partial charge in [0.1, 0.15) is 0 Å². The van der Waals surface area contributed by atoms with Gasteiger partial charge in [0.25, 0.3) is 0 Å². The second-order valence-electron chi connectivity index (χ2n) is 4.33. The van der Waals surface area contributed by atoms with Gasteiger partial charge in [0.15, 0.2) is 15.5 Å². The van der Waals surface area contributed by atoms with Gasteiger partial charge in [-0.2, -0.15) is 4.98 Å². The lowest BCUT2D eigenvalue weighted by molar-refractivity contribution is 0.602. The Bertz CT molecular complexity index is 884. The first-order valence-electron chi connectivity index (χ1n) is 5.72. The second-order valence-corrected chi connectivity index (χ2v) is 6.34. The molecule has 0 fully saturated rings. The molecule has 2 aromatic heterocycles. The highest BCUT2D eigenvalue weighted by atomic mass is 32.2. The van der Waals surface area contributed by atoms with Gasteiger partial charge in [-0.05, 0) is 12.1 Å². The van der Waals surface area contributed by atoms with Crippen LogP contribution in [0.5, 0.6) is 0 Å². The van der Waals surface area contributed by atoms with E-state index in [4.69, 9.17) is 5.73 Å². The fourth-order valence-electron chi connectivity index (χ4n) is 1.90. The number of hydrogen-bond donors (Lipinski definition) is 1. The molecular formula is C12H11N5O2S. The minimum absolute atomic E-state index is 0.159. The predicted octanol–water partition coefficient (Wildman–Crippen LogP) is 0.777. The summed E-state index contributed by atoms with van der Waals surface area (Å²) >= 11 is 0. The van der Waals surface area contributed by atoms with Crippen molar-refractivity contribution in [3.05, 3.63) is 36.7 Å². The summed E-state index contributed by atoms with van der Waals surface area (Å²) in [4.78, 5) is 8.37. The van der Waals surface area contributed by atoms with E-state index in [0.717, 1.165) is 5.56 Å². The van der Waals surface area contributed by atoms with E-state index in [0.29, 0.717) is 11.3 Å². The van der Waals surface area contributed by atoms with E-state index in [2.05, 4.69) is 15.1 Å². The average molecular weight is 289 g/mol. The number of nitrogen functional groups attached to an aromatic ring is 1. The molecule has 0 radical (unpaired) electrons. The summed E-state index contributed by atoms with van der Waals surface area (Å²) in [6.07, 6.45) is 4.34. The Balaban J connectivity index is 2.16. The van der Waals surface area contributed by atoms with E-state index in [1.165, 1.54) is 6.26 Å². The SMILES string of the molecule is CS(=O)(=O)c1ccc(-c2cncc3nc(N)nn23)cc1. The Labute approximate surface area is 115 Å². The van der Waals surface area contributed by atoms with Gasteiger partial charge in [-0.15, -0.1) is 5.10 Å². The van der Waals surface area contributed by atoms with Gasteiger partial charge >= 0.3 is 0 Å². The molecule has 20 heavy (non-hydrogen) atoms. The first-order chi connectivity index (χ1) is 9.45. The maximum atomic E-state index is 11.4. The summed E-state index contributed by atoms with van der Waals surface area (Å²) in [7, 11) is -3.21. The Kier molecular flexibility index (Phi) is 2.68. The van der Waals surface area contributed by atoms with Crippen LogP contribution in [0.2, 0.25) is 0 Å². The van der Waals surface area contributed by atoms with Crippen LogP contribution in [0.3, 0.4) is 0 Å². The lowest BCUT2D eigenvalue weighted by Crippen LogP contribution is -1.98. The minimum atomic E-state index is -3.21. The quantitative estimate of drug-likeness (QED) is 0.747. The van der Waals surface area contributed by atoms with Crippen LogP contribution in [-0.4, -0.2) is 34.3 Å². The largest absolute Gasteiger partial charge is 0.366 e. The van der Waals surface area contributed by atoms with Gasteiger partial charge in [0.05, 0.1) is 23.0 Å². The highest BCUT2D eigenvalue weighted by Crippen LogP contribution is 2.21. The molecule has 0 bridgehead atoms. The highest BCUT2D eigenvalue weighted by molar-refractivity contribution is 7.90. The molecule has 0 saturated carbocycles. The molecule has 3 rings (SSSR count). The summed E-state index contributed by atoms with van der Waals surface area (Å²) in [5, 5.41) is 4.09. The molecule has 3 aromatic rings. The van der Waals surface area contributed by atoms with Gasteiger partial charge in [0, 0.05) is 11.8 Å². The molecule has 0 spiro atoms. The topological polar surface area (TPSA) is 103 Å². The zero-order valence-corrected chi connectivity index (χ0v) is 11.4. The minimum Gasteiger partial charge on any atom is -0.366 e. The second kappa shape index (κ2) is 4.27. The zero-order valence-electron chi connectivity index (χ0n) is 10.6. The van der Waals surface area contributed by atoms with Crippen molar-refractivity contribution in [2.75, 3.05) is 12.0 Å². The van der Waals surface area contributed by atoms with Gasteiger partial charge in [-0.25, -0.2) is 12.9 Å². The van der Waals surface area contributed by atoms with E-state index in [9.17, 15) is 8.42 Å². The van der Waals surface area contributed by atoms with Crippen molar-refractivity contribution < 1.29 is 8.42 Å². The monoisotopic (exact) mass is 289 g/mol. The molecule has 2 N–H and O–H groups in total. The van der Waals surface area contributed by atoms with Gasteiger partial charge in [-0.3, -0.25) is 4.98 Å². The smallest absolute Gasteiger partial charge is 0.240 e. The van der Waals surface area contributed by atoms with Crippen molar-refractivity contribution in [2.24, 2.45) is 0 Å². The standard InChI is InChI=1S/C12H11N5O2S/c1-20(18,19)9-4-2-8(3-5-9)10-6-14-7-11-15-12(13)16-17(10)11/h2-7H,1H3,(H2,13,16). The van der Waals surface area contributed by atoms with Crippen LogP contribution < -0.4 is 5.73 Å². The number of sulfone groups is 1. The highest BCUT2D eigenvalue weighted by Gasteiger charge is 2.10. The van der Waals surface area contributed by atoms with Crippen molar-refractivity contribution in [1.29, 1.82) is 0 Å². The first kappa shape index (κ1) is 12.5. The maximum absolute atomic E-state index is 11.4. The van der Waals surface area contributed by atoms with E-state index in [-0.39, 0.29) is 10.8 Å². The summed E-state index contributed by atoms with van der Waals surface area (Å²) in [5.74, 6) is 0.159. The van der Waals surface area contributed by atoms with Crippen molar-refractivity contribution in [2.45, 2.75) is 4.90 Å². The summed E-state index contributed by atoms with van der Waals surface area (Å²) in [6, 6.07) is 6.49. The fourth-order valence-corrected chi connectivity index (χ4v) is 2.53. The molecule has 0 amide bonds. The van der Waals surface area contributed by atoms with Crippen molar-refractivity contribution in [3.63, 3.8) is 0 Å². The molecule has 8 heteroatoms. The van der Waals surface area contributed by atoms with Crippen LogP contribution >= 0.6 is 0 Å². The van der Waals surface area contributed by atoms with Crippen molar-refractivity contribution in [3.8, 4) is 11.3 Å². The van der Waals surface area contributed by atoms with Crippen LogP contribution in [-0.2, 0) is 9.84 Å². The molecule has 0 unspecified atom stereocenters. The van der Waals surface area contributed by atoms with Crippen LogP contribution in [0.25, 0.3) is 16.9 Å². The van der Waals surface area contributed by atoms with E-state index in [1.54, 1.807) is 41.2 Å². The van der Waals surface area contributed by atoms with E-state index < -0.39 is 9.84 Å². The molecule has 0 aliphatic heterocycles. The van der Waals surface area contributed by atoms with Gasteiger partial charge in [-0.1, -0.05) is 12.1 Å². The summed E-state index contributed by atoms with van der Waals surface area (Å²) < 4.78 is 24.4. The van der Waals surface area contributed by atoms with Crippen molar-refractivity contribution >= 4 is 21.4 Å². The molecule has 2 heterocycles. The van der Waals surface area contributed by atoms with Gasteiger partial charge in [0.2, 0.25) is 5.95 Å². The predicted molar refractivity (Wildman–Crippen MR) is 73.7 cm³/mol. The zero-order chi connectivity index (χ0) is 14.3. The lowest BCUT2D eigenvalue weighted by atomic mass is 10.2. The third-order valence-electron chi connectivity index (χ3n) is 2.84. The van der Waals surface area contributed by atoms with Crippen LogP contribution in [0.15, 0.2) is 41.6 Å². The van der Waals surface area contributed by atoms with Crippen LogP contribution in [0, 0.1) is 0 Å². The first-order valence-corrected chi connectivity index (χ1v) is 7.61. The molecule has 1 aromatic carbocycles. The third-order valence-corrected chi connectivity index (χ3v) is 3.97. The Morgan fingerprint density at radius 1 is 1.15 bits per heavy atom. The Morgan fingerprint density at radius 3 is 2.50 bits per heavy atom. The number of fused-ring (bicyclic) bond motifs is 1. The lowest BCUT2D eigenvalue weighted by Gasteiger charge is -2.04. The molecular weight excluding hydrogens is 278 g/mol. The Hall–Kier alpha value is -2.48. The van der Waals surface area contributed by atoms with Gasteiger partial charge < -0.3 is 5.73 Å². The normalized spacial score (nSPS) is 11.8. The van der Waals surface area contributed by atoms with E-state index in [1.807, 2.05) is 0 Å². The number of hydrogen-bond acceptors (Lipinski definition) is 6. The number of nitrogens with two attached hydrogens (primary N) is 1. The molecule has 0 aliphatic rings. The fraction of sp³-hybridized carbons (Fsp3) is 0.0833. The molecule has 0 aliphatic carbocycles. The molecule has 7 nitrogen and oxygen atoms in total. The number of nitrogens with zero attached hydrogens (tertiary/aromatic N) is 4. The van der Waals surface area contributed by atoms with Crippen molar-refractivity contribution in [1.82, 2.24) is 19.6 Å². The molecule has 102 valence electrons. The van der Waals surface area contributed by atoms with Crippen LogP contribution in [0.1, 0.15) is 0 Å². The number of aromatic nitrogens is 4.